The summed E-state index contributed by atoms with van der Waals surface area (Å²) in [6.07, 6.45) is 0. The van der Waals surface area contributed by atoms with Crippen LogP contribution in [-0.2, 0) is 0 Å². The average Bonchev–Trinajstić information content (AvgIpc) is 1.85. The SMILES string of the molecule is NC(=O)c1ccc(N)cc1Cl. The maximum atomic E-state index is 10.6. The van der Waals surface area contributed by atoms with E-state index < -0.39 is 5.91 Å². The lowest BCUT2D eigenvalue weighted by atomic mass is 10.2. The van der Waals surface area contributed by atoms with Crippen LogP contribution in [-0.4, -0.2) is 5.91 Å². The molecule has 0 bridgehead atoms. The minimum absolute atomic E-state index is 0.289. The van der Waals surface area contributed by atoms with Gasteiger partial charge in [0.15, 0.2) is 0 Å². The zero-order chi connectivity index (χ0) is 8.43. The Labute approximate surface area is 68.9 Å². The van der Waals surface area contributed by atoms with Crippen molar-refractivity contribution >= 4 is 23.2 Å². The number of halogens is 1. The van der Waals surface area contributed by atoms with Crippen molar-refractivity contribution in [2.24, 2.45) is 5.73 Å². The molecule has 0 aliphatic rings. The van der Waals surface area contributed by atoms with Gasteiger partial charge in [0.2, 0.25) is 5.91 Å². The number of carbonyl (C=O) groups is 1. The van der Waals surface area contributed by atoms with E-state index in [4.69, 9.17) is 23.1 Å². The lowest BCUT2D eigenvalue weighted by molar-refractivity contribution is 0.100. The number of rotatable bonds is 1. The molecular formula is C7H7ClN2O. The number of hydrogen-bond acceptors (Lipinski definition) is 2. The summed E-state index contributed by atoms with van der Waals surface area (Å²) in [5.41, 5.74) is 11.2. The fourth-order valence-electron chi connectivity index (χ4n) is 0.731. The number of benzene rings is 1. The second kappa shape index (κ2) is 2.80. The van der Waals surface area contributed by atoms with Crippen molar-refractivity contribution in [2.45, 2.75) is 0 Å². The number of nitrogens with two attached hydrogens (primary N) is 2. The first-order chi connectivity index (χ1) is 5.11. The molecule has 3 nitrogen and oxygen atoms in total. The summed E-state index contributed by atoms with van der Waals surface area (Å²) in [5, 5.41) is 0.289. The van der Waals surface area contributed by atoms with Gasteiger partial charge in [-0.3, -0.25) is 4.79 Å². The van der Waals surface area contributed by atoms with Gasteiger partial charge in [0.1, 0.15) is 0 Å². The maximum Gasteiger partial charge on any atom is 0.250 e. The van der Waals surface area contributed by atoms with Crippen LogP contribution < -0.4 is 11.5 Å². The van der Waals surface area contributed by atoms with Crippen LogP contribution in [0.1, 0.15) is 10.4 Å². The molecule has 0 aliphatic heterocycles. The summed E-state index contributed by atoms with van der Waals surface area (Å²) in [6, 6.07) is 4.56. The normalized spacial score (nSPS) is 9.55. The minimum Gasteiger partial charge on any atom is -0.399 e. The van der Waals surface area contributed by atoms with Crippen molar-refractivity contribution in [3.8, 4) is 0 Å². The molecule has 11 heavy (non-hydrogen) atoms. The molecule has 58 valence electrons. The Hall–Kier alpha value is -1.22. The lowest BCUT2D eigenvalue weighted by Gasteiger charge is -1.99. The molecule has 0 spiro atoms. The van der Waals surface area contributed by atoms with Crippen LogP contribution in [0.15, 0.2) is 18.2 Å². The van der Waals surface area contributed by atoms with Crippen molar-refractivity contribution in [2.75, 3.05) is 5.73 Å². The van der Waals surface area contributed by atoms with Crippen LogP contribution in [0.5, 0.6) is 0 Å². The van der Waals surface area contributed by atoms with E-state index >= 15 is 0 Å². The molecule has 0 aromatic heterocycles. The van der Waals surface area contributed by atoms with E-state index in [0.29, 0.717) is 11.3 Å². The van der Waals surface area contributed by atoms with Gasteiger partial charge in [0.05, 0.1) is 10.6 Å². The second-order valence-corrected chi connectivity index (χ2v) is 2.51. The molecule has 0 heterocycles. The highest BCUT2D eigenvalue weighted by Gasteiger charge is 2.04. The third kappa shape index (κ3) is 1.62. The fourth-order valence-corrected chi connectivity index (χ4v) is 1.01. The van der Waals surface area contributed by atoms with E-state index in [0.717, 1.165) is 0 Å². The maximum absolute atomic E-state index is 10.6. The third-order valence-corrected chi connectivity index (χ3v) is 1.57. The fraction of sp³-hybridized carbons (Fsp3) is 0. The highest BCUT2D eigenvalue weighted by Crippen LogP contribution is 2.17. The Morgan fingerprint density at radius 3 is 2.55 bits per heavy atom. The number of hydrogen-bond donors (Lipinski definition) is 2. The third-order valence-electron chi connectivity index (χ3n) is 1.26. The second-order valence-electron chi connectivity index (χ2n) is 2.10. The molecule has 1 aromatic rings. The van der Waals surface area contributed by atoms with Crippen molar-refractivity contribution in [1.29, 1.82) is 0 Å². The van der Waals surface area contributed by atoms with Crippen molar-refractivity contribution < 1.29 is 4.79 Å². The quantitative estimate of drug-likeness (QED) is 0.618. The predicted octanol–water partition coefficient (Wildman–Crippen LogP) is 1.02. The molecule has 4 heteroatoms. The number of primary amides is 1. The molecule has 0 radical (unpaired) electrons. The largest absolute Gasteiger partial charge is 0.399 e. The molecule has 0 unspecified atom stereocenters. The predicted molar refractivity (Wildman–Crippen MR) is 44.4 cm³/mol. The van der Waals surface area contributed by atoms with Gasteiger partial charge in [-0.2, -0.15) is 0 Å². The molecule has 1 amide bonds. The van der Waals surface area contributed by atoms with Crippen LogP contribution >= 0.6 is 11.6 Å². The topological polar surface area (TPSA) is 69.1 Å². The van der Waals surface area contributed by atoms with E-state index in [1.807, 2.05) is 0 Å². The number of carbonyl (C=O) groups excluding carboxylic acids is 1. The van der Waals surface area contributed by atoms with Crippen LogP contribution in [0.4, 0.5) is 5.69 Å². The molecule has 1 aromatic carbocycles. The molecule has 0 fully saturated rings. The van der Waals surface area contributed by atoms with Gasteiger partial charge < -0.3 is 11.5 Å². The summed E-state index contributed by atoms with van der Waals surface area (Å²) >= 11 is 5.64. The van der Waals surface area contributed by atoms with Crippen LogP contribution in [0.2, 0.25) is 5.02 Å². The van der Waals surface area contributed by atoms with Crippen LogP contribution in [0.3, 0.4) is 0 Å². The monoisotopic (exact) mass is 170 g/mol. The lowest BCUT2D eigenvalue weighted by Crippen LogP contribution is -2.11. The van der Waals surface area contributed by atoms with E-state index in [1.54, 1.807) is 6.07 Å². The zero-order valence-electron chi connectivity index (χ0n) is 5.67. The molecule has 4 N–H and O–H groups in total. The summed E-state index contributed by atoms with van der Waals surface area (Å²) in [7, 11) is 0. The van der Waals surface area contributed by atoms with Gasteiger partial charge in [-0.1, -0.05) is 11.6 Å². The molecule has 0 atom stereocenters. The van der Waals surface area contributed by atoms with Crippen molar-refractivity contribution in [3.05, 3.63) is 28.8 Å². The van der Waals surface area contributed by atoms with Crippen molar-refractivity contribution in [3.63, 3.8) is 0 Å². The highest BCUT2D eigenvalue weighted by molar-refractivity contribution is 6.34. The number of nitrogen functional groups attached to an aromatic ring is 1. The first kappa shape index (κ1) is 7.88. The summed E-state index contributed by atoms with van der Waals surface area (Å²) in [6.45, 7) is 0. The standard InChI is InChI=1S/C7H7ClN2O/c8-6-3-4(9)1-2-5(6)7(10)11/h1-3H,9H2,(H2,10,11). The molecule has 0 saturated carbocycles. The Kier molecular flexibility index (Phi) is 2.01. The number of anilines is 1. The summed E-state index contributed by atoms with van der Waals surface area (Å²) in [5.74, 6) is -0.546. The Balaban J connectivity index is 3.20. The summed E-state index contributed by atoms with van der Waals surface area (Å²) in [4.78, 5) is 10.6. The average molecular weight is 171 g/mol. The first-order valence-corrected chi connectivity index (χ1v) is 3.34. The van der Waals surface area contributed by atoms with Gasteiger partial charge in [-0.25, -0.2) is 0 Å². The molecule has 1 rings (SSSR count). The van der Waals surface area contributed by atoms with Gasteiger partial charge in [-0.05, 0) is 18.2 Å². The smallest absolute Gasteiger partial charge is 0.250 e. The van der Waals surface area contributed by atoms with E-state index in [2.05, 4.69) is 0 Å². The minimum atomic E-state index is -0.546. The van der Waals surface area contributed by atoms with E-state index in [1.165, 1.54) is 12.1 Å². The zero-order valence-corrected chi connectivity index (χ0v) is 6.43. The van der Waals surface area contributed by atoms with Gasteiger partial charge in [0.25, 0.3) is 0 Å². The Morgan fingerprint density at radius 1 is 1.45 bits per heavy atom. The molecule has 0 aliphatic carbocycles. The van der Waals surface area contributed by atoms with E-state index in [-0.39, 0.29) is 5.02 Å². The Morgan fingerprint density at radius 2 is 2.09 bits per heavy atom. The molecular weight excluding hydrogens is 164 g/mol. The summed E-state index contributed by atoms with van der Waals surface area (Å²) < 4.78 is 0. The van der Waals surface area contributed by atoms with Gasteiger partial charge in [-0.15, -0.1) is 0 Å². The molecule has 0 saturated heterocycles. The van der Waals surface area contributed by atoms with Gasteiger partial charge in [0, 0.05) is 5.69 Å². The van der Waals surface area contributed by atoms with Crippen molar-refractivity contribution in [1.82, 2.24) is 0 Å². The van der Waals surface area contributed by atoms with Crippen LogP contribution in [0, 0.1) is 0 Å². The van der Waals surface area contributed by atoms with Crippen LogP contribution in [0.25, 0.3) is 0 Å². The van der Waals surface area contributed by atoms with Gasteiger partial charge >= 0.3 is 0 Å². The van der Waals surface area contributed by atoms with E-state index in [9.17, 15) is 4.79 Å². The number of amides is 1. The Bertz CT molecular complexity index is 298. The first-order valence-electron chi connectivity index (χ1n) is 2.96. The highest BCUT2D eigenvalue weighted by atomic mass is 35.5.